The van der Waals surface area contributed by atoms with Gasteiger partial charge in [0.2, 0.25) is 0 Å². The predicted octanol–water partition coefficient (Wildman–Crippen LogP) is 1.16. The third-order valence-corrected chi connectivity index (χ3v) is 3.45. The number of ether oxygens (including phenoxy) is 4. The van der Waals surface area contributed by atoms with Crippen molar-refractivity contribution in [1.29, 1.82) is 0 Å². The van der Waals surface area contributed by atoms with E-state index in [1.54, 1.807) is 21.3 Å². The van der Waals surface area contributed by atoms with Crippen molar-refractivity contribution in [2.45, 2.75) is 12.6 Å². The molecule has 1 aromatic carbocycles. The van der Waals surface area contributed by atoms with Gasteiger partial charge in [-0.15, -0.1) is 6.42 Å². The topological polar surface area (TPSA) is 60.4 Å². The lowest BCUT2D eigenvalue weighted by atomic mass is 10.1. The first-order valence-electron chi connectivity index (χ1n) is 7.76. The summed E-state index contributed by atoms with van der Waals surface area (Å²) in [5.41, 5.74) is 0.977. The molecule has 0 saturated heterocycles. The monoisotopic (exact) mass is 337 g/mol. The Hall–Kier alpha value is -1.78. The van der Waals surface area contributed by atoms with Gasteiger partial charge >= 0.3 is 0 Å². The van der Waals surface area contributed by atoms with Crippen molar-refractivity contribution >= 4 is 0 Å². The highest BCUT2D eigenvalue weighted by atomic mass is 16.5. The molecule has 1 atom stereocenters. The highest BCUT2D eigenvalue weighted by Crippen LogP contribution is 2.31. The number of hydrogen-bond acceptors (Lipinski definition) is 6. The third kappa shape index (κ3) is 6.77. The molecule has 0 amide bonds. The summed E-state index contributed by atoms with van der Waals surface area (Å²) in [7, 11) is 4.87. The average Bonchev–Trinajstić information content (AvgIpc) is 2.59. The number of aliphatic hydroxyl groups is 1. The van der Waals surface area contributed by atoms with Crippen molar-refractivity contribution in [3.63, 3.8) is 0 Å². The first-order valence-corrected chi connectivity index (χ1v) is 7.76. The first-order chi connectivity index (χ1) is 11.7. The molecule has 1 N–H and O–H groups in total. The van der Waals surface area contributed by atoms with Gasteiger partial charge in [0.05, 0.1) is 33.5 Å². The van der Waals surface area contributed by atoms with Gasteiger partial charge in [-0.2, -0.15) is 0 Å². The van der Waals surface area contributed by atoms with E-state index in [1.807, 2.05) is 18.2 Å². The quantitative estimate of drug-likeness (QED) is 0.456. The maximum atomic E-state index is 10.1. The lowest BCUT2D eigenvalue weighted by molar-refractivity contribution is 0.0206. The third-order valence-electron chi connectivity index (χ3n) is 3.45. The second kappa shape index (κ2) is 11.7. The van der Waals surface area contributed by atoms with Gasteiger partial charge < -0.3 is 24.1 Å². The Balaban J connectivity index is 2.77. The lowest BCUT2D eigenvalue weighted by Gasteiger charge is -2.25. The van der Waals surface area contributed by atoms with Gasteiger partial charge in [-0.25, -0.2) is 0 Å². The van der Waals surface area contributed by atoms with Crippen LogP contribution in [0.15, 0.2) is 18.2 Å². The van der Waals surface area contributed by atoms with Crippen LogP contribution in [0.4, 0.5) is 0 Å². The fourth-order valence-electron chi connectivity index (χ4n) is 2.38. The highest BCUT2D eigenvalue weighted by molar-refractivity contribution is 5.46. The summed E-state index contributed by atoms with van der Waals surface area (Å²) in [5, 5.41) is 10.1. The Labute approximate surface area is 144 Å². The van der Waals surface area contributed by atoms with Gasteiger partial charge in [0, 0.05) is 32.3 Å². The first kappa shape index (κ1) is 20.3. The average molecular weight is 337 g/mol. The van der Waals surface area contributed by atoms with Crippen molar-refractivity contribution in [2.75, 3.05) is 54.2 Å². The van der Waals surface area contributed by atoms with E-state index in [0.717, 1.165) is 5.56 Å². The van der Waals surface area contributed by atoms with E-state index in [9.17, 15) is 5.11 Å². The molecule has 0 heterocycles. The minimum Gasteiger partial charge on any atom is -0.493 e. The second-order valence-corrected chi connectivity index (χ2v) is 5.25. The largest absolute Gasteiger partial charge is 0.493 e. The van der Waals surface area contributed by atoms with Crippen LogP contribution in [0.2, 0.25) is 0 Å². The molecule has 1 aromatic rings. The maximum Gasteiger partial charge on any atom is 0.165 e. The van der Waals surface area contributed by atoms with E-state index < -0.39 is 6.10 Å². The Bertz CT molecular complexity index is 515. The summed E-state index contributed by atoms with van der Waals surface area (Å²) >= 11 is 0. The van der Waals surface area contributed by atoms with Crippen LogP contribution in [0, 0.1) is 12.3 Å². The number of rotatable bonds is 12. The van der Waals surface area contributed by atoms with Gasteiger partial charge in [0.1, 0.15) is 6.61 Å². The van der Waals surface area contributed by atoms with Crippen LogP contribution in [-0.2, 0) is 16.0 Å². The molecule has 0 bridgehead atoms. The van der Waals surface area contributed by atoms with Crippen molar-refractivity contribution in [2.24, 2.45) is 0 Å². The Kier molecular flexibility index (Phi) is 9.89. The van der Waals surface area contributed by atoms with E-state index in [1.165, 1.54) is 0 Å². The van der Waals surface area contributed by atoms with Gasteiger partial charge in [-0.05, 0) is 6.07 Å². The van der Waals surface area contributed by atoms with Crippen LogP contribution in [0.3, 0.4) is 0 Å². The van der Waals surface area contributed by atoms with E-state index in [-0.39, 0.29) is 13.2 Å². The molecule has 0 aromatic heterocycles. The number of aliphatic hydroxyl groups excluding tert-OH is 1. The summed E-state index contributed by atoms with van der Waals surface area (Å²) in [4.78, 5) is 2.07. The molecule has 0 radical (unpaired) electrons. The fraction of sp³-hybridized carbons (Fsp3) is 0.556. The predicted molar refractivity (Wildman–Crippen MR) is 92.4 cm³/mol. The summed E-state index contributed by atoms with van der Waals surface area (Å²) in [6.45, 7) is 2.65. The summed E-state index contributed by atoms with van der Waals surface area (Å²) in [6, 6.07) is 5.74. The molecule has 0 unspecified atom stereocenters. The number of hydrogen-bond donors (Lipinski definition) is 1. The molecular formula is C18H27NO5. The minimum absolute atomic E-state index is 0.193. The molecule has 0 saturated carbocycles. The van der Waals surface area contributed by atoms with Gasteiger partial charge in [0.25, 0.3) is 0 Å². The van der Waals surface area contributed by atoms with E-state index >= 15 is 0 Å². The molecule has 0 aliphatic carbocycles. The lowest BCUT2D eigenvalue weighted by Crippen LogP contribution is -2.36. The normalized spacial score (nSPS) is 12.0. The van der Waals surface area contributed by atoms with Crippen LogP contribution in [0.25, 0.3) is 0 Å². The van der Waals surface area contributed by atoms with Crippen LogP contribution in [0.1, 0.15) is 5.56 Å². The number of nitrogens with zero attached hydrogens (tertiary/aromatic N) is 1. The van der Waals surface area contributed by atoms with Crippen molar-refractivity contribution < 1.29 is 24.1 Å². The number of benzene rings is 1. The zero-order valence-electron chi connectivity index (χ0n) is 14.7. The summed E-state index contributed by atoms with van der Waals surface area (Å²) in [6.07, 6.45) is 4.50. The number of para-hydroxylation sites is 1. The zero-order valence-corrected chi connectivity index (χ0v) is 14.7. The SMILES string of the molecule is C#CCOC[C@@H](O)CN(CCOC)Cc1cccc(OC)c1OC. The van der Waals surface area contributed by atoms with Crippen molar-refractivity contribution in [1.82, 2.24) is 4.90 Å². The van der Waals surface area contributed by atoms with E-state index in [4.69, 9.17) is 25.4 Å². The molecule has 0 fully saturated rings. The summed E-state index contributed by atoms with van der Waals surface area (Å²) < 4.78 is 21.1. The molecule has 0 aliphatic heterocycles. The van der Waals surface area contributed by atoms with E-state index in [2.05, 4.69) is 10.8 Å². The van der Waals surface area contributed by atoms with Crippen LogP contribution < -0.4 is 9.47 Å². The van der Waals surface area contributed by atoms with Gasteiger partial charge in [-0.3, -0.25) is 4.90 Å². The van der Waals surface area contributed by atoms with Crippen LogP contribution in [-0.4, -0.2) is 70.3 Å². The second-order valence-electron chi connectivity index (χ2n) is 5.25. The molecule has 6 nitrogen and oxygen atoms in total. The van der Waals surface area contributed by atoms with Crippen LogP contribution >= 0.6 is 0 Å². The summed E-state index contributed by atoms with van der Waals surface area (Å²) in [5.74, 6) is 3.76. The number of methoxy groups -OCH3 is 3. The van der Waals surface area contributed by atoms with Crippen LogP contribution in [0.5, 0.6) is 11.5 Å². The fourth-order valence-corrected chi connectivity index (χ4v) is 2.38. The molecule has 24 heavy (non-hydrogen) atoms. The molecule has 134 valence electrons. The Morgan fingerprint density at radius 2 is 2.04 bits per heavy atom. The Morgan fingerprint density at radius 3 is 2.67 bits per heavy atom. The Morgan fingerprint density at radius 1 is 1.25 bits per heavy atom. The standard InChI is InChI=1S/C18H27NO5/c1-5-10-24-14-16(20)13-19(9-11-21-2)12-15-7-6-8-17(22-3)18(15)23-4/h1,6-8,16,20H,9-14H2,2-4H3/t16-/m0/s1. The smallest absolute Gasteiger partial charge is 0.165 e. The molecule has 0 aliphatic rings. The van der Waals surface area contributed by atoms with E-state index in [0.29, 0.717) is 37.7 Å². The number of terminal acetylenes is 1. The minimum atomic E-state index is -0.633. The van der Waals surface area contributed by atoms with Crippen molar-refractivity contribution in [3.05, 3.63) is 23.8 Å². The molecule has 6 heteroatoms. The molecular weight excluding hydrogens is 310 g/mol. The zero-order chi connectivity index (χ0) is 17.8. The highest BCUT2D eigenvalue weighted by Gasteiger charge is 2.16. The van der Waals surface area contributed by atoms with Crippen molar-refractivity contribution in [3.8, 4) is 23.8 Å². The van der Waals surface area contributed by atoms with Gasteiger partial charge in [0.15, 0.2) is 11.5 Å². The molecule has 1 rings (SSSR count). The maximum absolute atomic E-state index is 10.1. The molecule has 0 spiro atoms. The van der Waals surface area contributed by atoms with Gasteiger partial charge in [-0.1, -0.05) is 18.1 Å².